The van der Waals surface area contributed by atoms with Gasteiger partial charge in [-0.25, -0.2) is 4.79 Å². The third-order valence-electron chi connectivity index (χ3n) is 7.31. The second kappa shape index (κ2) is 11.6. The molecule has 0 spiro atoms. The van der Waals surface area contributed by atoms with Crippen LogP contribution in [0.5, 0.6) is 17.2 Å². The van der Waals surface area contributed by atoms with Gasteiger partial charge in [0.25, 0.3) is 0 Å². The summed E-state index contributed by atoms with van der Waals surface area (Å²) < 4.78 is 22.9. The van der Waals surface area contributed by atoms with Crippen molar-refractivity contribution in [2.24, 2.45) is 5.92 Å². The van der Waals surface area contributed by atoms with Crippen LogP contribution in [0.25, 0.3) is 0 Å². The molecule has 1 saturated carbocycles. The van der Waals surface area contributed by atoms with Crippen molar-refractivity contribution in [3.8, 4) is 17.2 Å². The number of benzene rings is 1. The molecule has 1 amide bonds. The first kappa shape index (κ1) is 24.4. The summed E-state index contributed by atoms with van der Waals surface area (Å²) in [7, 11) is 3.21. The van der Waals surface area contributed by atoms with Crippen molar-refractivity contribution in [2.45, 2.75) is 69.7 Å². The maximum Gasteiger partial charge on any atom is 0.328 e. The minimum Gasteiger partial charge on any atom is -0.493 e. The van der Waals surface area contributed by atoms with Gasteiger partial charge in [0.2, 0.25) is 11.7 Å². The lowest BCUT2D eigenvalue weighted by Gasteiger charge is -2.39. The van der Waals surface area contributed by atoms with Gasteiger partial charge in [0.05, 0.1) is 26.7 Å². The molecule has 0 aromatic heterocycles. The van der Waals surface area contributed by atoms with Gasteiger partial charge < -0.3 is 23.8 Å². The predicted molar refractivity (Wildman–Crippen MR) is 128 cm³/mol. The molecule has 4 aliphatic rings. The molecule has 7 heteroatoms. The van der Waals surface area contributed by atoms with Crippen LogP contribution >= 0.6 is 0 Å². The Morgan fingerprint density at radius 2 is 1.59 bits per heavy atom. The van der Waals surface area contributed by atoms with Gasteiger partial charge in [-0.15, -0.1) is 0 Å². The van der Waals surface area contributed by atoms with Crippen molar-refractivity contribution in [1.29, 1.82) is 0 Å². The molecule has 2 fully saturated rings. The zero-order valence-corrected chi connectivity index (χ0v) is 20.4. The summed E-state index contributed by atoms with van der Waals surface area (Å²) >= 11 is 0. The number of ether oxygens (including phenoxy) is 4. The van der Waals surface area contributed by atoms with Gasteiger partial charge in [0.1, 0.15) is 12.6 Å². The largest absolute Gasteiger partial charge is 0.493 e. The molecular weight excluding hydrogens is 434 g/mol. The molecule has 186 valence electrons. The number of methoxy groups -OCH3 is 2. The number of nitrogens with zero attached hydrogens (tertiary/aromatic N) is 1. The summed E-state index contributed by atoms with van der Waals surface area (Å²) in [6.07, 6.45) is 12.3. The second-order valence-corrected chi connectivity index (χ2v) is 9.41. The molecule has 2 atom stereocenters. The quantitative estimate of drug-likeness (QED) is 0.473. The summed E-state index contributed by atoms with van der Waals surface area (Å²) in [4.78, 5) is 29.0. The van der Waals surface area contributed by atoms with Crippen molar-refractivity contribution in [3.05, 3.63) is 29.8 Å². The van der Waals surface area contributed by atoms with Gasteiger partial charge in [-0.3, -0.25) is 4.79 Å². The van der Waals surface area contributed by atoms with Crippen LogP contribution in [0.2, 0.25) is 0 Å². The minimum absolute atomic E-state index is 0.0123. The lowest BCUT2D eigenvalue weighted by atomic mass is 9.75. The van der Waals surface area contributed by atoms with Crippen molar-refractivity contribution < 1.29 is 28.5 Å². The monoisotopic (exact) mass is 471 g/mol. The van der Waals surface area contributed by atoms with Gasteiger partial charge in [-0.2, -0.15) is 0 Å². The number of piperidine rings is 1. The molecule has 0 radical (unpaired) electrons. The molecular formula is C27H37NO6. The van der Waals surface area contributed by atoms with Crippen molar-refractivity contribution >= 4 is 11.9 Å². The first-order valence-corrected chi connectivity index (χ1v) is 12.6. The molecule has 1 aromatic rings. The van der Waals surface area contributed by atoms with Crippen molar-refractivity contribution in [2.75, 3.05) is 34.0 Å². The van der Waals surface area contributed by atoms with Crippen LogP contribution in [0, 0.1) is 5.92 Å². The van der Waals surface area contributed by atoms with Crippen LogP contribution in [0.3, 0.4) is 0 Å². The number of hydrogen-bond donors (Lipinski definition) is 0. The number of rotatable bonds is 3. The Balaban J connectivity index is 1.80. The van der Waals surface area contributed by atoms with E-state index in [1.165, 1.54) is 6.42 Å². The molecule has 3 aliphatic heterocycles. The molecule has 34 heavy (non-hydrogen) atoms. The highest BCUT2D eigenvalue weighted by molar-refractivity contribution is 5.89. The Labute approximate surface area is 202 Å². The van der Waals surface area contributed by atoms with E-state index in [9.17, 15) is 9.59 Å². The van der Waals surface area contributed by atoms with E-state index in [1.807, 2.05) is 24.3 Å². The third kappa shape index (κ3) is 5.34. The fourth-order valence-corrected chi connectivity index (χ4v) is 5.57. The van der Waals surface area contributed by atoms with Crippen LogP contribution in [0.15, 0.2) is 24.3 Å². The Morgan fingerprint density at radius 3 is 2.29 bits per heavy atom. The average Bonchev–Trinajstić information content (AvgIpc) is 2.88. The smallest absolute Gasteiger partial charge is 0.328 e. The van der Waals surface area contributed by atoms with E-state index in [1.54, 1.807) is 19.1 Å². The Kier molecular flexibility index (Phi) is 8.35. The number of amides is 1. The van der Waals surface area contributed by atoms with E-state index in [-0.39, 0.29) is 23.7 Å². The van der Waals surface area contributed by atoms with Crippen LogP contribution in [-0.4, -0.2) is 56.8 Å². The number of carbonyl (C=O) groups excluding carboxylic acids is 2. The summed E-state index contributed by atoms with van der Waals surface area (Å²) in [5, 5.41) is 0. The van der Waals surface area contributed by atoms with Crippen molar-refractivity contribution in [1.82, 2.24) is 4.90 Å². The van der Waals surface area contributed by atoms with Gasteiger partial charge >= 0.3 is 5.97 Å². The average molecular weight is 472 g/mol. The predicted octanol–water partition coefficient (Wildman–Crippen LogP) is 4.63. The lowest BCUT2D eigenvalue weighted by Crippen LogP contribution is -2.51. The standard InChI is InChI=1S/C27H37NO6/c1-31-22-17-20-18-23(32-2)25(22)33-15-9-4-10-16-34-27(30)21-13-7-8-14-28(21)26(29)24(20)19-11-5-3-6-12-19/h4,9,17-19,21,24H,3,5-8,10-16H2,1-2H3/b9-4+/t21-,24-/m0/s1. The molecule has 0 N–H and O–H groups in total. The normalized spacial score (nSPS) is 25.8. The summed E-state index contributed by atoms with van der Waals surface area (Å²) in [5.74, 6) is 1.20. The number of hydrogen-bond acceptors (Lipinski definition) is 6. The molecule has 1 aliphatic carbocycles. The molecule has 0 unspecified atom stereocenters. The Morgan fingerprint density at radius 1 is 0.882 bits per heavy atom. The number of fused-ring (bicyclic) bond motifs is 9. The van der Waals surface area contributed by atoms with Gasteiger partial charge in [0, 0.05) is 6.54 Å². The zero-order valence-electron chi connectivity index (χ0n) is 20.4. The van der Waals surface area contributed by atoms with E-state index in [2.05, 4.69) is 0 Å². The van der Waals surface area contributed by atoms with E-state index in [4.69, 9.17) is 18.9 Å². The fraction of sp³-hybridized carbons (Fsp3) is 0.630. The highest BCUT2D eigenvalue weighted by Gasteiger charge is 2.40. The van der Waals surface area contributed by atoms with E-state index in [0.717, 1.165) is 44.1 Å². The Bertz CT molecular complexity index is 866. The molecule has 2 bridgehead atoms. The minimum atomic E-state index is -0.518. The van der Waals surface area contributed by atoms with Crippen LogP contribution in [0.4, 0.5) is 0 Å². The lowest BCUT2D eigenvalue weighted by molar-refractivity contribution is -0.158. The van der Waals surface area contributed by atoms with Gasteiger partial charge in [0.15, 0.2) is 11.5 Å². The van der Waals surface area contributed by atoms with E-state index >= 15 is 0 Å². The number of esters is 1. The third-order valence-corrected chi connectivity index (χ3v) is 7.31. The molecule has 7 nitrogen and oxygen atoms in total. The van der Waals surface area contributed by atoms with E-state index in [0.29, 0.717) is 49.8 Å². The van der Waals surface area contributed by atoms with Crippen LogP contribution < -0.4 is 14.2 Å². The van der Waals surface area contributed by atoms with E-state index < -0.39 is 6.04 Å². The zero-order chi connectivity index (χ0) is 23.9. The topological polar surface area (TPSA) is 74.3 Å². The highest BCUT2D eigenvalue weighted by atomic mass is 16.5. The maximum atomic E-state index is 14.2. The van der Waals surface area contributed by atoms with Crippen molar-refractivity contribution in [3.63, 3.8) is 0 Å². The summed E-state index contributed by atoms with van der Waals surface area (Å²) in [6.45, 7) is 1.21. The highest BCUT2D eigenvalue weighted by Crippen LogP contribution is 2.45. The molecule has 3 heterocycles. The fourth-order valence-electron chi connectivity index (χ4n) is 5.57. The van der Waals surface area contributed by atoms with Crippen LogP contribution in [0.1, 0.15) is 69.3 Å². The SMILES string of the molecule is COc1cc2cc(OC)c1OC/C=C/CCOC(=O)[C@@H]1CCCCN1C(=O)[C@H]2C1CCCCC1. The molecule has 1 aromatic carbocycles. The summed E-state index contributed by atoms with van der Waals surface area (Å²) in [6, 6.07) is 3.32. The molecule has 5 rings (SSSR count). The first-order chi connectivity index (χ1) is 16.6. The molecule has 1 saturated heterocycles. The first-order valence-electron chi connectivity index (χ1n) is 12.6. The second-order valence-electron chi connectivity index (χ2n) is 9.41. The van der Waals surface area contributed by atoms with Crippen LogP contribution in [-0.2, 0) is 14.3 Å². The van der Waals surface area contributed by atoms with Gasteiger partial charge in [-0.1, -0.05) is 31.4 Å². The van der Waals surface area contributed by atoms with Gasteiger partial charge in [-0.05, 0) is 62.1 Å². The maximum absolute atomic E-state index is 14.2. The number of carbonyl (C=O) groups is 2. The Hall–Kier alpha value is -2.70. The summed E-state index contributed by atoms with van der Waals surface area (Å²) in [5.41, 5.74) is 0.860.